The van der Waals surface area contributed by atoms with Crippen molar-refractivity contribution in [3.8, 4) is 0 Å². The number of ether oxygens (including phenoxy) is 1. The number of hydrogen-bond donors (Lipinski definition) is 1. The van der Waals surface area contributed by atoms with E-state index in [2.05, 4.69) is 19.6 Å². The highest BCUT2D eigenvalue weighted by Gasteiger charge is 2.23. The van der Waals surface area contributed by atoms with Crippen LogP contribution in [0.25, 0.3) is 0 Å². The standard InChI is InChI=1S/C16H22O2S/c1-2-12-4-3-5-14(10-12)18-16(17)11-13-6-8-15(19)9-7-13/h6-9,12,14,19H,2-5,10-11H2,1H3. The van der Waals surface area contributed by atoms with Gasteiger partial charge in [-0.25, -0.2) is 0 Å². The average Bonchev–Trinajstić information content (AvgIpc) is 2.41. The number of esters is 1. The van der Waals surface area contributed by atoms with Gasteiger partial charge in [-0.05, 0) is 42.9 Å². The molecule has 0 heterocycles. The van der Waals surface area contributed by atoms with E-state index in [0.29, 0.717) is 6.42 Å². The molecule has 0 radical (unpaired) electrons. The minimum Gasteiger partial charge on any atom is -0.462 e. The van der Waals surface area contributed by atoms with Crippen molar-refractivity contribution in [2.24, 2.45) is 5.92 Å². The molecule has 104 valence electrons. The van der Waals surface area contributed by atoms with Gasteiger partial charge in [-0.15, -0.1) is 12.6 Å². The summed E-state index contributed by atoms with van der Waals surface area (Å²) in [7, 11) is 0. The maximum atomic E-state index is 11.9. The third-order valence-electron chi connectivity index (χ3n) is 3.89. The van der Waals surface area contributed by atoms with Crippen LogP contribution in [0.4, 0.5) is 0 Å². The summed E-state index contributed by atoms with van der Waals surface area (Å²) in [5.74, 6) is 0.628. The molecule has 1 saturated carbocycles. The van der Waals surface area contributed by atoms with Crippen LogP contribution < -0.4 is 0 Å². The summed E-state index contributed by atoms with van der Waals surface area (Å²) in [6, 6.07) is 7.66. The second kappa shape index (κ2) is 6.99. The van der Waals surface area contributed by atoms with Gasteiger partial charge in [0.05, 0.1) is 6.42 Å². The number of thiol groups is 1. The molecule has 1 aromatic rings. The van der Waals surface area contributed by atoms with Crippen molar-refractivity contribution >= 4 is 18.6 Å². The van der Waals surface area contributed by atoms with E-state index in [9.17, 15) is 4.79 Å². The van der Waals surface area contributed by atoms with Crippen LogP contribution in [0.2, 0.25) is 0 Å². The molecule has 0 amide bonds. The van der Waals surface area contributed by atoms with E-state index in [-0.39, 0.29) is 12.1 Å². The number of rotatable bonds is 4. The lowest BCUT2D eigenvalue weighted by atomic mass is 9.85. The second-order valence-corrected chi connectivity index (χ2v) is 5.91. The molecule has 0 spiro atoms. The summed E-state index contributed by atoms with van der Waals surface area (Å²) in [5.41, 5.74) is 0.991. The molecule has 2 nitrogen and oxygen atoms in total. The van der Waals surface area contributed by atoms with Crippen molar-refractivity contribution in [2.75, 3.05) is 0 Å². The van der Waals surface area contributed by atoms with Crippen molar-refractivity contribution in [3.63, 3.8) is 0 Å². The summed E-state index contributed by atoms with van der Waals surface area (Å²) in [6.07, 6.45) is 6.23. The predicted octanol–water partition coefficient (Wildman–Crippen LogP) is 4.03. The molecule has 1 aromatic carbocycles. The predicted molar refractivity (Wildman–Crippen MR) is 79.5 cm³/mol. The van der Waals surface area contributed by atoms with Gasteiger partial charge in [0.15, 0.2) is 0 Å². The Labute approximate surface area is 121 Å². The first-order valence-electron chi connectivity index (χ1n) is 7.14. The van der Waals surface area contributed by atoms with Gasteiger partial charge in [0, 0.05) is 4.90 Å². The quantitative estimate of drug-likeness (QED) is 0.665. The Kier molecular flexibility index (Phi) is 5.32. The number of carbonyl (C=O) groups is 1. The molecule has 0 aliphatic heterocycles. The van der Waals surface area contributed by atoms with E-state index in [4.69, 9.17) is 4.74 Å². The van der Waals surface area contributed by atoms with Gasteiger partial charge in [-0.2, -0.15) is 0 Å². The molecule has 1 aliphatic rings. The maximum absolute atomic E-state index is 11.9. The monoisotopic (exact) mass is 278 g/mol. The molecule has 1 aliphatic carbocycles. The summed E-state index contributed by atoms with van der Waals surface area (Å²) in [6.45, 7) is 2.22. The lowest BCUT2D eigenvalue weighted by molar-refractivity contribution is -0.150. The summed E-state index contributed by atoms with van der Waals surface area (Å²) >= 11 is 4.23. The van der Waals surface area contributed by atoms with Gasteiger partial charge in [-0.1, -0.05) is 31.9 Å². The first kappa shape index (κ1) is 14.4. The van der Waals surface area contributed by atoms with Crippen LogP contribution in [0.1, 0.15) is 44.6 Å². The highest BCUT2D eigenvalue weighted by atomic mass is 32.1. The van der Waals surface area contributed by atoms with Gasteiger partial charge >= 0.3 is 5.97 Å². The molecule has 0 N–H and O–H groups in total. The van der Waals surface area contributed by atoms with Crippen LogP contribution in [0.5, 0.6) is 0 Å². The zero-order valence-corrected chi connectivity index (χ0v) is 12.4. The van der Waals surface area contributed by atoms with Gasteiger partial charge in [0.1, 0.15) is 6.10 Å². The van der Waals surface area contributed by atoms with Crippen molar-refractivity contribution in [3.05, 3.63) is 29.8 Å². The molecular formula is C16H22O2S. The van der Waals surface area contributed by atoms with Crippen LogP contribution in [-0.4, -0.2) is 12.1 Å². The van der Waals surface area contributed by atoms with Gasteiger partial charge in [-0.3, -0.25) is 4.79 Å². The minimum absolute atomic E-state index is 0.103. The largest absolute Gasteiger partial charge is 0.462 e. The Morgan fingerprint density at radius 1 is 1.32 bits per heavy atom. The Morgan fingerprint density at radius 2 is 2.05 bits per heavy atom. The van der Waals surface area contributed by atoms with Crippen LogP contribution in [0.15, 0.2) is 29.2 Å². The zero-order valence-electron chi connectivity index (χ0n) is 11.5. The highest BCUT2D eigenvalue weighted by molar-refractivity contribution is 7.80. The van der Waals surface area contributed by atoms with E-state index in [1.807, 2.05) is 24.3 Å². The van der Waals surface area contributed by atoms with E-state index >= 15 is 0 Å². The van der Waals surface area contributed by atoms with Crippen LogP contribution in [0.3, 0.4) is 0 Å². The Bertz CT molecular complexity index is 413. The zero-order chi connectivity index (χ0) is 13.7. The van der Waals surface area contributed by atoms with Crippen molar-refractivity contribution in [1.29, 1.82) is 0 Å². The third kappa shape index (κ3) is 4.57. The van der Waals surface area contributed by atoms with Crippen molar-refractivity contribution in [1.82, 2.24) is 0 Å². The van der Waals surface area contributed by atoms with E-state index in [1.54, 1.807) is 0 Å². The molecule has 1 fully saturated rings. The number of hydrogen-bond acceptors (Lipinski definition) is 3. The maximum Gasteiger partial charge on any atom is 0.310 e. The van der Waals surface area contributed by atoms with Crippen molar-refractivity contribution in [2.45, 2.75) is 56.4 Å². The molecule has 2 unspecified atom stereocenters. The number of carbonyl (C=O) groups excluding carboxylic acids is 1. The van der Waals surface area contributed by atoms with Crippen molar-refractivity contribution < 1.29 is 9.53 Å². The molecule has 0 saturated heterocycles. The SMILES string of the molecule is CCC1CCCC(OC(=O)Cc2ccc(S)cc2)C1. The molecule has 2 atom stereocenters. The summed E-state index contributed by atoms with van der Waals surface area (Å²) in [5, 5.41) is 0. The Balaban J connectivity index is 1.82. The fraction of sp³-hybridized carbons (Fsp3) is 0.562. The Hall–Kier alpha value is -0.960. The van der Waals surface area contributed by atoms with E-state index < -0.39 is 0 Å². The molecule has 2 rings (SSSR count). The molecule has 0 aromatic heterocycles. The van der Waals surface area contributed by atoms with Gasteiger partial charge < -0.3 is 4.74 Å². The topological polar surface area (TPSA) is 26.3 Å². The third-order valence-corrected chi connectivity index (χ3v) is 4.19. The smallest absolute Gasteiger partial charge is 0.310 e. The molecule has 19 heavy (non-hydrogen) atoms. The van der Waals surface area contributed by atoms with Gasteiger partial charge in [0.25, 0.3) is 0 Å². The van der Waals surface area contributed by atoms with Crippen LogP contribution >= 0.6 is 12.6 Å². The highest BCUT2D eigenvalue weighted by Crippen LogP contribution is 2.28. The Morgan fingerprint density at radius 3 is 2.74 bits per heavy atom. The van der Waals surface area contributed by atoms with Gasteiger partial charge in [0.2, 0.25) is 0 Å². The first-order valence-corrected chi connectivity index (χ1v) is 7.59. The fourth-order valence-corrected chi connectivity index (χ4v) is 2.88. The van der Waals surface area contributed by atoms with Crippen LogP contribution in [0, 0.1) is 5.92 Å². The normalized spacial score (nSPS) is 23.1. The second-order valence-electron chi connectivity index (χ2n) is 5.40. The first-order chi connectivity index (χ1) is 9.17. The number of benzene rings is 1. The average molecular weight is 278 g/mol. The summed E-state index contributed by atoms with van der Waals surface area (Å²) < 4.78 is 5.60. The molecular weight excluding hydrogens is 256 g/mol. The lowest BCUT2D eigenvalue weighted by Crippen LogP contribution is -2.26. The van der Waals surface area contributed by atoms with E-state index in [0.717, 1.165) is 29.2 Å². The summed E-state index contributed by atoms with van der Waals surface area (Å²) in [4.78, 5) is 12.8. The van der Waals surface area contributed by atoms with Crippen LogP contribution in [-0.2, 0) is 16.0 Å². The molecule has 0 bridgehead atoms. The molecule has 3 heteroatoms. The lowest BCUT2D eigenvalue weighted by Gasteiger charge is -2.28. The minimum atomic E-state index is -0.103. The fourth-order valence-electron chi connectivity index (χ4n) is 2.73. The van der Waals surface area contributed by atoms with E-state index in [1.165, 1.54) is 19.3 Å².